The molecule has 0 fully saturated rings. The number of nitrogens with zero attached hydrogens (tertiary/aromatic N) is 1. The molecule has 0 N–H and O–H groups in total. The number of benzene rings is 1. The quantitative estimate of drug-likeness (QED) is 0.670. The first-order valence-electron chi connectivity index (χ1n) is 3.84. The van der Waals surface area contributed by atoms with Gasteiger partial charge < -0.3 is 0 Å². The lowest BCUT2D eigenvalue weighted by molar-refractivity contribution is 1.36. The summed E-state index contributed by atoms with van der Waals surface area (Å²) in [4.78, 5) is 5.68. The van der Waals surface area contributed by atoms with E-state index >= 15 is 0 Å². The summed E-state index contributed by atoms with van der Waals surface area (Å²) in [5.41, 5.74) is 0.935. The smallest absolute Gasteiger partial charge is 0.0961 e. The van der Waals surface area contributed by atoms with Crippen LogP contribution in [0.1, 0.15) is 0 Å². The fraction of sp³-hybridized carbons (Fsp3) is 0.222. The second-order valence-electron chi connectivity index (χ2n) is 2.58. The lowest BCUT2D eigenvalue weighted by Gasteiger charge is -2.13. The van der Waals surface area contributed by atoms with Crippen molar-refractivity contribution in [2.24, 2.45) is 4.99 Å². The Bertz CT molecular complexity index is 363. The molecule has 2 rings (SSSR count). The van der Waals surface area contributed by atoms with E-state index in [0.29, 0.717) is 0 Å². The molecular weight excluding hydrogens is 222 g/mol. The SMILES string of the molecule is CSC1=Nc2c(Cl)cccc2SC1. The van der Waals surface area contributed by atoms with Gasteiger partial charge in [-0.15, -0.1) is 23.5 Å². The number of hydrogen-bond donors (Lipinski definition) is 0. The molecular formula is C9H8ClNS2. The van der Waals surface area contributed by atoms with Gasteiger partial charge in [0.1, 0.15) is 0 Å². The van der Waals surface area contributed by atoms with Crippen LogP contribution in [0.2, 0.25) is 5.02 Å². The molecule has 0 saturated carbocycles. The Labute approximate surface area is 91.0 Å². The number of para-hydroxylation sites is 1. The molecule has 1 aliphatic heterocycles. The number of hydrogen-bond acceptors (Lipinski definition) is 3. The Morgan fingerprint density at radius 1 is 1.54 bits per heavy atom. The van der Waals surface area contributed by atoms with Crippen molar-refractivity contribution < 1.29 is 0 Å². The highest BCUT2D eigenvalue weighted by atomic mass is 35.5. The van der Waals surface area contributed by atoms with Gasteiger partial charge in [0, 0.05) is 10.6 Å². The second kappa shape index (κ2) is 3.95. The van der Waals surface area contributed by atoms with Gasteiger partial charge in [-0.05, 0) is 18.4 Å². The van der Waals surface area contributed by atoms with Crippen molar-refractivity contribution in [1.29, 1.82) is 0 Å². The van der Waals surface area contributed by atoms with Gasteiger partial charge in [-0.25, -0.2) is 4.99 Å². The normalized spacial score (nSPS) is 15.1. The molecule has 0 spiro atoms. The van der Waals surface area contributed by atoms with E-state index in [1.807, 2.05) is 18.4 Å². The first kappa shape index (κ1) is 9.44. The monoisotopic (exact) mass is 229 g/mol. The average Bonchev–Trinajstić information content (AvgIpc) is 2.18. The average molecular weight is 230 g/mol. The Morgan fingerprint density at radius 2 is 2.38 bits per heavy atom. The van der Waals surface area contributed by atoms with E-state index in [2.05, 4.69) is 11.1 Å². The van der Waals surface area contributed by atoms with E-state index in [-0.39, 0.29) is 0 Å². The van der Waals surface area contributed by atoms with Crippen molar-refractivity contribution in [3.8, 4) is 0 Å². The maximum atomic E-state index is 6.03. The molecule has 0 atom stereocenters. The number of fused-ring (bicyclic) bond motifs is 1. The predicted octanol–water partition coefficient (Wildman–Crippen LogP) is 3.84. The van der Waals surface area contributed by atoms with Gasteiger partial charge in [-0.1, -0.05) is 17.7 Å². The third-order valence-corrected chi connectivity index (χ3v) is 4.03. The molecule has 0 unspecified atom stereocenters. The van der Waals surface area contributed by atoms with E-state index in [1.54, 1.807) is 23.5 Å². The summed E-state index contributed by atoms with van der Waals surface area (Å²) in [5, 5.41) is 1.89. The summed E-state index contributed by atoms with van der Waals surface area (Å²) in [6.07, 6.45) is 2.04. The topological polar surface area (TPSA) is 12.4 Å². The minimum atomic E-state index is 0.747. The van der Waals surface area contributed by atoms with Crippen LogP contribution in [-0.4, -0.2) is 17.1 Å². The zero-order chi connectivity index (χ0) is 9.26. The third-order valence-electron chi connectivity index (χ3n) is 1.77. The second-order valence-corrected chi connectivity index (χ2v) is 4.89. The van der Waals surface area contributed by atoms with Crippen LogP contribution < -0.4 is 0 Å². The van der Waals surface area contributed by atoms with Crippen LogP contribution in [0.4, 0.5) is 5.69 Å². The van der Waals surface area contributed by atoms with Crippen molar-refractivity contribution in [1.82, 2.24) is 0 Å². The van der Waals surface area contributed by atoms with Gasteiger partial charge in [0.15, 0.2) is 0 Å². The summed E-state index contributed by atoms with van der Waals surface area (Å²) in [6.45, 7) is 0. The molecule has 1 nitrogen and oxygen atoms in total. The third kappa shape index (κ3) is 1.87. The largest absolute Gasteiger partial charge is 0.243 e. The van der Waals surface area contributed by atoms with Crippen molar-refractivity contribution in [3.63, 3.8) is 0 Å². The van der Waals surface area contributed by atoms with Crippen molar-refractivity contribution in [2.45, 2.75) is 4.90 Å². The van der Waals surface area contributed by atoms with E-state index in [9.17, 15) is 0 Å². The van der Waals surface area contributed by atoms with E-state index < -0.39 is 0 Å². The Kier molecular flexibility index (Phi) is 2.86. The minimum absolute atomic E-state index is 0.747. The maximum absolute atomic E-state index is 6.03. The minimum Gasteiger partial charge on any atom is -0.243 e. The van der Waals surface area contributed by atoms with Crippen LogP contribution in [0.25, 0.3) is 0 Å². The summed E-state index contributed by atoms with van der Waals surface area (Å²) in [7, 11) is 0. The van der Waals surface area contributed by atoms with Gasteiger partial charge in [-0.2, -0.15) is 0 Å². The molecule has 0 saturated heterocycles. The number of halogens is 1. The number of rotatable bonds is 0. The molecule has 0 aliphatic carbocycles. The Balaban J connectivity index is 2.49. The first-order valence-corrected chi connectivity index (χ1v) is 6.43. The Hall–Kier alpha value is -0.120. The van der Waals surface area contributed by atoms with E-state index in [4.69, 9.17) is 11.6 Å². The standard InChI is InChI=1S/C9H8ClNS2/c1-12-8-5-13-7-4-2-3-6(10)9(7)11-8/h2-4H,5H2,1H3. The van der Waals surface area contributed by atoms with Crippen LogP contribution in [-0.2, 0) is 0 Å². The molecule has 1 aliphatic rings. The van der Waals surface area contributed by atoms with Crippen molar-refractivity contribution >= 4 is 45.9 Å². The van der Waals surface area contributed by atoms with Crippen LogP contribution in [0, 0.1) is 0 Å². The van der Waals surface area contributed by atoms with Gasteiger partial charge >= 0.3 is 0 Å². The van der Waals surface area contributed by atoms with Crippen molar-refractivity contribution in [2.75, 3.05) is 12.0 Å². The molecule has 1 heterocycles. The lowest BCUT2D eigenvalue weighted by Crippen LogP contribution is -1.99. The van der Waals surface area contributed by atoms with Crippen molar-refractivity contribution in [3.05, 3.63) is 23.2 Å². The van der Waals surface area contributed by atoms with Gasteiger partial charge in [0.25, 0.3) is 0 Å². The van der Waals surface area contributed by atoms with E-state index in [0.717, 1.165) is 21.5 Å². The highest BCUT2D eigenvalue weighted by Crippen LogP contribution is 2.40. The van der Waals surface area contributed by atoms with Gasteiger partial charge in [0.05, 0.1) is 15.8 Å². The van der Waals surface area contributed by atoms with E-state index in [1.165, 1.54) is 4.90 Å². The number of thioether (sulfide) groups is 2. The summed E-state index contributed by atoms with van der Waals surface area (Å²) in [6, 6.07) is 5.91. The molecule has 1 aromatic rings. The zero-order valence-corrected chi connectivity index (χ0v) is 9.47. The summed E-state index contributed by atoms with van der Waals surface area (Å²) in [5.74, 6) is 0.967. The molecule has 4 heteroatoms. The van der Waals surface area contributed by atoms with Gasteiger partial charge in [-0.3, -0.25) is 0 Å². The molecule has 13 heavy (non-hydrogen) atoms. The Morgan fingerprint density at radius 3 is 3.15 bits per heavy atom. The first-order chi connectivity index (χ1) is 6.31. The lowest BCUT2D eigenvalue weighted by atomic mass is 10.3. The predicted molar refractivity (Wildman–Crippen MR) is 62.8 cm³/mol. The molecule has 68 valence electrons. The zero-order valence-electron chi connectivity index (χ0n) is 7.08. The van der Waals surface area contributed by atoms with Crippen LogP contribution in [0.15, 0.2) is 28.1 Å². The molecule has 0 radical (unpaired) electrons. The summed E-state index contributed by atoms with van der Waals surface area (Å²) < 4.78 is 0. The van der Waals surface area contributed by atoms with Gasteiger partial charge in [0.2, 0.25) is 0 Å². The molecule has 0 bridgehead atoms. The summed E-state index contributed by atoms with van der Waals surface area (Å²) >= 11 is 9.52. The molecule has 1 aromatic carbocycles. The van der Waals surface area contributed by atoms with Crippen LogP contribution in [0.5, 0.6) is 0 Å². The fourth-order valence-corrected chi connectivity index (χ4v) is 3.04. The van der Waals surface area contributed by atoms with Crippen LogP contribution in [0.3, 0.4) is 0 Å². The maximum Gasteiger partial charge on any atom is 0.0961 e. The number of aliphatic imine (C=N–C) groups is 1. The highest BCUT2D eigenvalue weighted by Gasteiger charge is 2.13. The molecule has 0 aromatic heterocycles. The van der Waals surface area contributed by atoms with Crippen LogP contribution >= 0.6 is 35.1 Å². The fourth-order valence-electron chi connectivity index (χ4n) is 1.12. The molecule has 0 amide bonds. The highest BCUT2D eigenvalue weighted by molar-refractivity contribution is 8.15.